The second kappa shape index (κ2) is 12.0. The highest BCUT2D eigenvalue weighted by Gasteiger charge is 2.08. The molecule has 5 heteroatoms. The Balaban J connectivity index is 3.40. The second-order valence-corrected chi connectivity index (χ2v) is 4.33. The van der Waals surface area contributed by atoms with Crippen molar-refractivity contribution in [3.8, 4) is 0 Å². The minimum absolute atomic E-state index is 0.138. The highest BCUT2D eigenvalue weighted by Crippen LogP contribution is 1.97. The lowest BCUT2D eigenvalue weighted by Crippen LogP contribution is -2.31. The van der Waals surface area contributed by atoms with Crippen LogP contribution < -0.4 is 5.32 Å². The third-order valence-corrected chi connectivity index (χ3v) is 2.90. The lowest BCUT2D eigenvalue weighted by Gasteiger charge is -2.18. The number of amides is 1. The zero-order valence-electron chi connectivity index (χ0n) is 12.5. The first-order valence-electron chi connectivity index (χ1n) is 7.29. The van der Waals surface area contributed by atoms with Crippen molar-refractivity contribution in [1.82, 2.24) is 10.2 Å². The lowest BCUT2D eigenvalue weighted by atomic mass is 10.2. The van der Waals surface area contributed by atoms with Gasteiger partial charge in [-0.2, -0.15) is 0 Å². The summed E-state index contributed by atoms with van der Waals surface area (Å²) >= 11 is 0. The molecule has 0 saturated carbocycles. The Kier molecular flexibility index (Phi) is 11.3. The van der Waals surface area contributed by atoms with Gasteiger partial charge in [-0.3, -0.25) is 9.59 Å². The maximum absolute atomic E-state index is 11.7. The van der Waals surface area contributed by atoms with Crippen LogP contribution in [0.2, 0.25) is 0 Å². The molecular weight excluding hydrogens is 244 g/mol. The van der Waals surface area contributed by atoms with Gasteiger partial charge >= 0.3 is 5.97 Å². The molecule has 0 heterocycles. The summed E-state index contributed by atoms with van der Waals surface area (Å²) in [5.41, 5.74) is 0. The van der Waals surface area contributed by atoms with Crippen LogP contribution in [0.25, 0.3) is 0 Å². The summed E-state index contributed by atoms with van der Waals surface area (Å²) in [6.07, 6.45) is 2.67. The number of hydrogen-bond donors (Lipinski definition) is 1. The maximum Gasteiger partial charge on any atom is 0.305 e. The molecule has 1 amide bonds. The molecule has 0 aliphatic carbocycles. The van der Waals surface area contributed by atoms with Crippen molar-refractivity contribution in [1.29, 1.82) is 0 Å². The number of nitrogens with zero attached hydrogens (tertiary/aromatic N) is 1. The molecule has 1 N–H and O–H groups in total. The topological polar surface area (TPSA) is 58.6 Å². The largest absolute Gasteiger partial charge is 0.466 e. The van der Waals surface area contributed by atoms with Gasteiger partial charge in [0, 0.05) is 25.9 Å². The Morgan fingerprint density at radius 1 is 1.00 bits per heavy atom. The quantitative estimate of drug-likeness (QED) is 0.458. The van der Waals surface area contributed by atoms with Crippen LogP contribution in [0.1, 0.15) is 46.5 Å². The number of hydrogen-bond acceptors (Lipinski definition) is 4. The van der Waals surface area contributed by atoms with Crippen LogP contribution in [0.4, 0.5) is 0 Å². The minimum Gasteiger partial charge on any atom is -0.466 e. The number of carbonyl (C=O) groups excluding carboxylic acids is 2. The highest BCUT2D eigenvalue weighted by molar-refractivity contribution is 5.76. The summed E-state index contributed by atoms with van der Waals surface area (Å²) in [7, 11) is 0. The summed E-state index contributed by atoms with van der Waals surface area (Å²) in [6, 6.07) is 0. The summed E-state index contributed by atoms with van der Waals surface area (Å²) in [6.45, 7) is 9.41. The van der Waals surface area contributed by atoms with Crippen LogP contribution in [0, 0.1) is 0 Å². The van der Waals surface area contributed by atoms with Crippen molar-refractivity contribution in [3.63, 3.8) is 0 Å². The molecular formula is C14H28N2O3. The molecule has 112 valence electrons. The molecule has 0 spiro atoms. The summed E-state index contributed by atoms with van der Waals surface area (Å²) in [4.78, 5) is 24.6. The van der Waals surface area contributed by atoms with Gasteiger partial charge in [0.05, 0.1) is 6.61 Å². The van der Waals surface area contributed by atoms with Crippen molar-refractivity contribution in [2.45, 2.75) is 46.5 Å². The van der Waals surface area contributed by atoms with Crippen LogP contribution in [0.15, 0.2) is 0 Å². The fourth-order valence-electron chi connectivity index (χ4n) is 1.81. The SMILES string of the molecule is CCOC(=O)CCCNCCCC(=O)N(CC)CC. The van der Waals surface area contributed by atoms with E-state index in [2.05, 4.69) is 5.32 Å². The first-order valence-corrected chi connectivity index (χ1v) is 7.29. The molecule has 19 heavy (non-hydrogen) atoms. The zero-order valence-corrected chi connectivity index (χ0v) is 12.5. The molecule has 0 unspecified atom stereocenters. The Morgan fingerprint density at radius 2 is 1.58 bits per heavy atom. The van der Waals surface area contributed by atoms with E-state index in [4.69, 9.17) is 4.74 Å². The lowest BCUT2D eigenvalue weighted by molar-refractivity contribution is -0.143. The number of esters is 1. The normalized spacial score (nSPS) is 10.3. The van der Waals surface area contributed by atoms with E-state index in [9.17, 15) is 9.59 Å². The smallest absolute Gasteiger partial charge is 0.305 e. The van der Waals surface area contributed by atoms with E-state index in [1.165, 1.54) is 0 Å². The number of nitrogens with one attached hydrogen (secondary N) is 1. The van der Waals surface area contributed by atoms with Crippen LogP contribution in [0.3, 0.4) is 0 Å². The molecule has 0 aromatic rings. The summed E-state index contributed by atoms with van der Waals surface area (Å²) < 4.78 is 4.84. The van der Waals surface area contributed by atoms with E-state index in [0.717, 1.165) is 39.0 Å². The average molecular weight is 272 g/mol. The number of carbonyl (C=O) groups is 2. The summed E-state index contributed by atoms with van der Waals surface area (Å²) in [5, 5.41) is 3.23. The predicted molar refractivity (Wildman–Crippen MR) is 75.9 cm³/mol. The highest BCUT2D eigenvalue weighted by atomic mass is 16.5. The van der Waals surface area contributed by atoms with Gasteiger partial charge in [0.2, 0.25) is 5.91 Å². The van der Waals surface area contributed by atoms with E-state index >= 15 is 0 Å². The second-order valence-electron chi connectivity index (χ2n) is 4.33. The van der Waals surface area contributed by atoms with Gasteiger partial charge in [-0.05, 0) is 46.7 Å². The predicted octanol–water partition coefficient (Wildman–Crippen LogP) is 1.57. The molecule has 0 rings (SSSR count). The van der Waals surface area contributed by atoms with Crippen molar-refractivity contribution >= 4 is 11.9 Å². The van der Waals surface area contributed by atoms with Crippen LogP contribution in [-0.4, -0.2) is 49.6 Å². The van der Waals surface area contributed by atoms with Gasteiger partial charge in [0.25, 0.3) is 0 Å². The van der Waals surface area contributed by atoms with Gasteiger partial charge in [-0.15, -0.1) is 0 Å². The molecule has 5 nitrogen and oxygen atoms in total. The first kappa shape index (κ1) is 17.9. The third kappa shape index (κ3) is 9.47. The van der Waals surface area contributed by atoms with Crippen molar-refractivity contribution in [2.24, 2.45) is 0 Å². The van der Waals surface area contributed by atoms with E-state index in [0.29, 0.717) is 19.4 Å². The molecule has 0 aliphatic rings. The molecule has 0 saturated heterocycles. The van der Waals surface area contributed by atoms with Crippen LogP contribution in [-0.2, 0) is 14.3 Å². The molecule has 0 bridgehead atoms. The van der Waals surface area contributed by atoms with Crippen molar-refractivity contribution in [2.75, 3.05) is 32.8 Å². The minimum atomic E-state index is -0.138. The van der Waals surface area contributed by atoms with E-state index in [1.54, 1.807) is 0 Å². The van der Waals surface area contributed by atoms with Gasteiger partial charge < -0.3 is 15.0 Å². The Hall–Kier alpha value is -1.10. The fraction of sp³-hybridized carbons (Fsp3) is 0.857. The van der Waals surface area contributed by atoms with Gasteiger partial charge in [-0.1, -0.05) is 0 Å². The van der Waals surface area contributed by atoms with E-state index in [-0.39, 0.29) is 11.9 Å². The van der Waals surface area contributed by atoms with Gasteiger partial charge in [-0.25, -0.2) is 0 Å². The first-order chi connectivity index (χ1) is 9.15. The van der Waals surface area contributed by atoms with E-state index < -0.39 is 0 Å². The van der Waals surface area contributed by atoms with Crippen LogP contribution >= 0.6 is 0 Å². The number of ether oxygens (including phenoxy) is 1. The molecule has 0 aliphatic heterocycles. The Bertz CT molecular complexity index is 253. The average Bonchev–Trinajstić information content (AvgIpc) is 2.39. The maximum atomic E-state index is 11.7. The van der Waals surface area contributed by atoms with Crippen molar-refractivity contribution in [3.05, 3.63) is 0 Å². The molecule has 0 aromatic carbocycles. The molecule has 0 atom stereocenters. The molecule has 0 fully saturated rings. The summed E-state index contributed by atoms with van der Waals surface area (Å²) in [5.74, 6) is 0.0827. The fourth-order valence-corrected chi connectivity index (χ4v) is 1.81. The third-order valence-electron chi connectivity index (χ3n) is 2.90. The monoisotopic (exact) mass is 272 g/mol. The molecule has 0 radical (unpaired) electrons. The standard InChI is InChI=1S/C14H28N2O3/c1-4-16(5-2)13(17)9-7-11-15-12-8-10-14(18)19-6-3/h15H,4-12H2,1-3H3. The van der Waals surface area contributed by atoms with Crippen LogP contribution in [0.5, 0.6) is 0 Å². The Morgan fingerprint density at radius 3 is 2.11 bits per heavy atom. The van der Waals surface area contributed by atoms with E-state index in [1.807, 2.05) is 25.7 Å². The van der Waals surface area contributed by atoms with Crippen molar-refractivity contribution < 1.29 is 14.3 Å². The Labute approximate surface area is 116 Å². The van der Waals surface area contributed by atoms with Gasteiger partial charge in [0.1, 0.15) is 0 Å². The zero-order chi connectivity index (χ0) is 14.5. The van der Waals surface area contributed by atoms with Gasteiger partial charge in [0.15, 0.2) is 0 Å². The number of rotatable bonds is 11. The molecule has 0 aromatic heterocycles.